The fourth-order valence-electron chi connectivity index (χ4n) is 4.88. The van der Waals surface area contributed by atoms with Gasteiger partial charge in [0.25, 0.3) is 0 Å². The molecular weight excluding hydrogens is 584 g/mol. The molecule has 3 aromatic carbocycles. The number of carbonyl (C=O) groups is 1. The summed E-state index contributed by atoms with van der Waals surface area (Å²) in [6, 6.07) is 18.5. The number of imidazole rings is 2. The van der Waals surface area contributed by atoms with Gasteiger partial charge in [-0.15, -0.1) is 25.7 Å². The first kappa shape index (κ1) is 36.0. The second kappa shape index (κ2) is 17.3. The average molecular weight is 629 g/mol. The molecule has 0 aliphatic carbocycles. The standard InChI is InChI=1S/C35H40N6O2.2C2H2/c1-6-18-36-22-31-37-21-30(39-31)26-13-10-24(11-14-26)8-9-25-12-16-28-27(20-25)15-17-29-33(28)40-32(38-29)23-41(19-7-2)34(42)43-35(3,4)5;2*1-2/h10-17,20-21,36H,6-7,18-19,22-23H2,1-5H3,(H,37,39)(H,38,40);2*1-2H. The summed E-state index contributed by atoms with van der Waals surface area (Å²) < 4.78 is 5.61. The third kappa shape index (κ3) is 10.00. The van der Waals surface area contributed by atoms with E-state index in [-0.39, 0.29) is 6.09 Å². The van der Waals surface area contributed by atoms with Crippen molar-refractivity contribution in [3.05, 3.63) is 83.6 Å². The Morgan fingerprint density at radius 1 is 0.915 bits per heavy atom. The molecule has 1 amide bonds. The fourth-order valence-corrected chi connectivity index (χ4v) is 4.88. The molecule has 2 heterocycles. The highest BCUT2D eigenvalue weighted by Crippen LogP contribution is 2.25. The lowest BCUT2D eigenvalue weighted by Crippen LogP contribution is -2.37. The van der Waals surface area contributed by atoms with Crippen molar-refractivity contribution in [1.82, 2.24) is 30.2 Å². The summed E-state index contributed by atoms with van der Waals surface area (Å²) in [5.41, 5.74) is 5.23. The van der Waals surface area contributed by atoms with Gasteiger partial charge in [0.2, 0.25) is 0 Å². The monoisotopic (exact) mass is 628 g/mol. The van der Waals surface area contributed by atoms with E-state index in [1.807, 2.05) is 58.2 Å². The molecule has 2 aromatic heterocycles. The van der Waals surface area contributed by atoms with E-state index >= 15 is 0 Å². The van der Waals surface area contributed by atoms with Crippen LogP contribution in [-0.4, -0.2) is 49.6 Å². The van der Waals surface area contributed by atoms with Crippen molar-refractivity contribution in [2.45, 2.75) is 66.2 Å². The molecule has 0 atom stereocenters. The molecule has 242 valence electrons. The van der Waals surface area contributed by atoms with Gasteiger partial charge in [-0.25, -0.2) is 14.8 Å². The molecule has 0 saturated heterocycles. The Morgan fingerprint density at radius 2 is 1.62 bits per heavy atom. The second-order valence-corrected chi connectivity index (χ2v) is 11.7. The predicted octanol–water partition coefficient (Wildman–Crippen LogP) is 7.65. The Morgan fingerprint density at radius 3 is 2.30 bits per heavy atom. The SMILES string of the molecule is C#C.C#C.CCCNCc1ncc(-c2ccc(C#Cc3ccc4c(ccc5[nH]c(CN(CCC)C(=O)OC(C)(C)C)nc54)c3)cc2)[nH]1. The van der Waals surface area contributed by atoms with Crippen LogP contribution in [0.5, 0.6) is 0 Å². The molecule has 8 nitrogen and oxygen atoms in total. The molecule has 5 rings (SSSR count). The number of amides is 1. The van der Waals surface area contributed by atoms with Crippen LogP contribution in [0.1, 0.15) is 70.2 Å². The van der Waals surface area contributed by atoms with E-state index in [0.717, 1.165) is 81.8 Å². The number of fused-ring (bicyclic) bond motifs is 3. The molecule has 0 unspecified atom stereocenters. The maximum Gasteiger partial charge on any atom is 0.410 e. The van der Waals surface area contributed by atoms with Crippen LogP contribution in [0, 0.1) is 37.5 Å². The van der Waals surface area contributed by atoms with Crippen LogP contribution in [-0.2, 0) is 17.8 Å². The van der Waals surface area contributed by atoms with E-state index in [1.54, 1.807) is 4.90 Å². The molecule has 0 bridgehead atoms. The molecule has 3 N–H and O–H groups in total. The molecule has 0 radical (unpaired) electrons. The van der Waals surface area contributed by atoms with Crippen LogP contribution in [0.15, 0.2) is 60.8 Å². The number of aromatic nitrogens is 4. The number of nitrogens with zero attached hydrogens (tertiary/aromatic N) is 3. The zero-order valence-corrected chi connectivity index (χ0v) is 28.0. The van der Waals surface area contributed by atoms with Crippen molar-refractivity contribution >= 4 is 27.9 Å². The summed E-state index contributed by atoms with van der Waals surface area (Å²) >= 11 is 0. The Balaban J connectivity index is 0.00000144. The Kier molecular flexibility index (Phi) is 13.2. The zero-order valence-electron chi connectivity index (χ0n) is 28.0. The lowest BCUT2D eigenvalue weighted by atomic mass is 10.1. The van der Waals surface area contributed by atoms with Crippen molar-refractivity contribution in [1.29, 1.82) is 0 Å². The Labute approximate surface area is 278 Å². The number of rotatable bonds is 9. The van der Waals surface area contributed by atoms with Gasteiger partial charge in [0, 0.05) is 23.1 Å². The maximum atomic E-state index is 12.7. The van der Waals surface area contributed by atoms with E-state index in [2.05, 4.69) is 95.1 Å². The third-order valence-corrected chi connectivity index (χ3v) is 6.90. The third-order valence-electron chi connectivity index (χ3n) is 6.90. The van der Waals surface area contributed by atoms with Gasteiger partial charge in [-0.1, -0.05) is 50.0 Å². The molecule has 0 saturated carbocycles. The first-order valence-corrected chi connectivity index (χ1v) is 15.7. The molecule has 8 heteroatoms. The molecule has 0 spiro atoms. The van der Waals surface area contributed by atoms with Gasteiger partial charge in [-0.05, 0) is 81.4 Å². The van der Waals surface area contributed by atoms with Crippen molar-refractivity contribution in [3.63, 3.8) is 0 Å². The number of hydrogen-bond acceptors (Lipinski definition) is 5. The maximum absolute atomic E-state index is 12.7. The van der Waals surface area contributed by atoms with Gasteiger partial charge in [0.1, 0.15) is 17.2 Å². The number of benzene rings is 3. The van der Waals surface area contributed by atoms with Crippen molar-refractivity contribution in [2.24, 2.45) is 0 Å². The zero-order chi connectivity index (χ0) is 34.4. The fraction of sp³-hybridized carbons (Fsp3) is 0.308. The lowest BCUT2D eigenvalue weighted by molar-refractivity contribution is 0.0229. The first-order chi connectivity index (χ1) is 22.7. The van der Waals surface area contributed by atoms with Crippen LogP contribution >= 0.6 is 0 Å². The summed E-state index contributed by atoms with van der Waals surface area (Å²) in [4.78, 5) is 30.6. The molecule has 0 aliphatic heterocycles. The van der Waals surface area contributed by atoms with Crippen LogP contribution in [0.4, 0.5) is 4.79 Å². The van der Waals surface area contributed by atoms with Gasteiger partial charge in [-0.3, -0.25) is 0 Å². The number of nitrogens with one attached hydrogen (secondary N) is 3. The van der Waals surface area contributed by atoms with Gasteiger partial charge < -0.3 is 24.9 Å². The molecule has 5 aromatic rings. The van der Waals surface area contributed by atoms with Gasteiger partial charge >= 0.3 is 6.09 Å². The minimum atomic E-state index is -0.548. The summed E-state index contributed by atoms with van der Waals surface area (Å²) in [5, 5.41) is 5.47. The minimum Gasteiger partial charge on any atom is -0.444 e. The van der Waals surface area contributed by atoms with Crippen molar-refractivity contribution in [3.8, 4) is 48.8 Å². The highest BCUT2D eigenvalue weighted by atomic mass is 16.6. The molecule has 47 heavy (non-hydrogen) atoms. The summed E-state index contributed by atoms with van der Waals surface area (Å²) in [6.07, 6.45) is 19.5. The van der Waals surface area contributed by atoms with Crippen molar-refractivity contribution < 1.29 is 9.53 Å². The Bertz CT molecular complexity index is 1850. The number of carbonyl (C=O) groups excluding carboxylic acids is 1. The highest BCUT2D eigenvalue weighted by Gasteiger charge is 2.23. The quantitative estimate of drug-likeness (QED) is 0.115. The van der Waals surface area contributed by atoms with Crippen LogP contribution in [0.2, 0.25) is 0 Å². The smallest absolute Gasteiger partial charge is 0.410 e. The van der Waals surface area contributed by atoms with E-state index in [1.165, 1.54) is 0 Å². The van der Waals surface area contributed by atoms with Crippen molar-refractivity contribution in [2.75, 3.05) is 13.1 Å². The molecule has 0 fully saturated rings. The number of terminal acetylenes is 2. The van der Waals surface area contributed by atoms with Crippen LogP contribution < -0.4 is 5.32 Å². The second-order valence-electron chi connectivity index (χ2n) is 11.7. The van der Waals surface area contributed by atoms with Crippen LogP contribution in [0.25, 0.3) is 33.1 Å². The number of hydrogen-bond donors (Lipinski definition) is 3. The van der Waals surface area contributed by atoms with E-state index < -0.39 is 5.60 Å². The van der Waals surface area contributed by atoms with Gasteiger partial charge in [0.05, 0.1) is 36.0 Å². The highest BCUT2D eigenvalue weighted by molar-refractivity contribution is 6.04. The topological polar surface area (TPSA) is 98.9 Å². The predicted molar refractivity (Wildman–Crippen MR) is 192 cm³/mol. The number of ether oxygens (including phenoxy) is 1. The lowest BCUT2D eigenvalue weighted by Gasteiger charge is -2.26. The van der Waals surface area contributed by atoms with Gasteiger partial charge in [-0.2, -0.15) is 0 Å². The largest absolute Gasteiger partial charge is 0.444 e. The summed E-state index contributed by atoms with van der Waals surface area (Å²) in [6.45, 7) is 12.5. The average Bonchev–Trinajstić information content (AvgIpc) is 3.72. The van der Waals surface area contributed by atoms with Crippen LogP contribution in [0.3, 0.4) is 0 Å². The van der Waals surface area contributed by atoms with Gasteiger partial charge in [0.15, 0.2) is 0 Å². The Hall–Kier alpha value is -5.49. The first-order valence-electron chi connectivity index (χ1n) is 15.7. The number of aromatic amines is 2. The van der Waals surface area contributed by atoms with E-state index in [0.29, 0.717) is 13.1 Å². The minimum absolute atomic E-state index is 0.330. The number of H-pyrrole nitrogens is 2. The van der Waals surface area contributed by atoms with E-state index in [4.69, 9.17) is 9.72 Å². The summed E-state index contributed by atoms with van der Waals surface area (Å²) in [5.74, 6) is 8.26. The summed E-state index contributed by atoms with van der Waals surface area (Å²) in [7, 11) is 0. The normalized spacial score (nSPS) is 10.6. The molecule has 0 aliphatic rings. The molecular formula is C39H44N6O2. The van der Waals surface area contributed by atoms with E-state index in [9.17, 15) is 4.79 Å².